The highest BCUT2D eigenvalue weighted by Gasteiger charge is 2.43. The van der Waals surface area contributed by atoms with E-state index in [4.69, 9.17) is 9.84 Å². The van der Waals surface area contributed by atoms with Crippen molar-refractivity contribution in [1.29, 1.82) is 0 Å². The number of nitrogens with one attached hydrogen (secondary N) is 1. The van der Waals surface area contributed by atoms with Crippen LogP contribution in [0.3, 0.4) is 0 Å². The zero-order valence-corrected chi connectivity index (χ0v) is 10.8. The summed E-state index contributed by atoms with van der Waals surface area (Å²) in [5.41, 5.74) is -1.11. The van der Waals surface area contributed by atoms with E-state index in [-0.39, 0.29) is 5.56 Å². The maximum absolute atomic E-state index is 11.8. The average Bonchev–Trinajstić information content (AvgIpc) is 2.70. The number of nitrogens with zero attached hydrogens (tertiary/aromatic N) is 1. The number of H-pyrrole nitrogens is 1. The van der Waals surface area contributed by atoms with Crippen LogP contribution in [0.5, 0.6) is 0 Å². The first-order valence-electron chi connectivity index (χ1n) is 6.10. The minimum absolute atomic E-state index is 0.213. The molecule has 1 aliphatic heterocycles. The molecule has 0 bridgehead atoms. The van der Waals surface area contributed by atoms with Gasteiger partial charge in [0.25, 0.3) is 5.56 Å². The molecule has 1 fully saturated rings. The molecule has 1 aromatic rings. The van der Waals surface area contributed by atoms with Crippen LogP contribution in [0.25, 0.3) is 6.08 Å². The molecule has 1 aliphatic rings. The van der Waals surface area contributed by atoms with Crippen LogP contribution >= 0.6 is 0 Å². The van der Waals surface area contributed by atoms with Crippen LogP contribution in [0.1, 0.15) is 18.7 Å². The Balaban J connectivity index is 2.46. The lowest BCUT2D eigenvalue weighted by atomic mass is 10.1. The molecule has 0 aliphatic carbocycles. The monoisotopic (exact) mass is 284 g/mol. The van der Waals surface area contributed by atoms with Gasteiger partial charge in [0.05, 0.1) is 12.2 Å². The van der Waals surface area contributed by atoms with Crippen LogP contribution in [0.2, 0.25) is 0 Å². The predicted molar refractivity (Wildman–Crippen MR) is 69.0 cm³/mol. The number of hydrogen-bond acceptors (Lipinski definition) is 6. The Kier molecular flexibility index (Phi) is 4.19. The Labute approximate surface area is 113 Å². The third kappa shape index (κ3) is 2.46. The molecule has 1 aromatic heterocycles. The van der Waals surface area contributed by atoms with Crippen LogP contribution in [-0.4, -0.2) is 49.8 Å². The fraction of sp³-hybridized carbons (Fsp3) is 0.500. The number of allylic oxidation sites excluding steroid dienone is 1. The van der Waals surface area contributed by atoms with Gasteiger partial charge in [-0.2, -0.15) is 0 Å². The smallest absolute Gasteiger partial charge is 0.330 e. The van der Waals surface area contributed by atoms with E-state index in [0.29, 0.717) is 0 Å². The maximum atomic E-state index is 11.8. The minimum atomic E-state index is -1.38. The minimum Gasteiger partial charge on any atom is -0.394 e. The predicted octanol–water partition coefficient (Wildman–Crippen LogP) is -1.82. The van der Waals surface area contributed by atoms with Crippen LogP contribution in [0, 0.1) is 0 Å². The molecule has 20 heavy (non-hydrogen) atoms. The molecule has 1 saturated heterocycles. The molecule has 0 aromatic carbocycles. The summed E-state index contributed by atoms with van der Waals surface area (Å²) in [6.45, 7) is 1.22. The van der Waals surface area contributed by atoms with Crippen LogP contribution in [-0.2, 0) is 4.74 Å². The lowest BCUT2D eigenvalue weighted by Crippen LogP contribution is -2.38. The zero-order valence-electron chi connectivity index (χ0n) is 10.8. The lowest BCUT2D eigenvalue weighted by Gasteiger charge is -2.17. The number of hydrogen-bond donors (Lipinski definition) is 4. The van der Waals surface area contributed by atoms with Gasteiger partial charge in [-0.15, -0.1) is 0 Å². The second-order valence-corrected chi connectivity index (χ2v) is 4.48. The first-order chi connectivity index (χ1) is 9.49. The van der Waals surface area contributed by atoms with E-state index in [0.717, 1.165) is 4.57 Å². The molecule has 1 unspecified atom stereocenters. The van der Waals surface area contributed by atoms with E-state index in [2.05, 4.69) is 4.98 Å². The molecule has 0 saturated carbocycles. The molecule has 0 amide bonds. The quantitative estimate of drug-likeness (QED) is 0.518. The number of aliphatic hydroxyl groups is 3. The summed E-state index contributed by atoms with van der Waals surface area (Å²) in [5, 5.41) is 28.6. The zero-order chi connectivity index (χ0) is 14.9. The van der Waals surface area contributed by atoms with Gasteiger partial charge in [-0.1, -0.05) is 12.2 Å². The number of aliphatic hydroxyl groups excluding tert-OH is 3. The molecule has 0 radical (unpaired) electrons. The van der Waals surface area contributed by atoms with E-state index >= 15 is 0 Å². The van der Waals surface area contributed by atoms with Crippen molar-refractivity contribution in [3.8, 4) is 0 Å². The molecule has 0 spiro atoms. The van der Waals surface area contributed by atoms with Gasteiger partial charge in [-0.25, -0.2) is 4.79 Å². The summed E-state index contributed by atoms with van der Waals surface area (Å²) in [6.07, 6.45) is -0.494. The fourth-order valence-electron chi connectivity index (χ4n) is 2.10. The summed E-state index contributed by atoms with van der Waals surface area (Å²) in [4.78, 5) is 25.4. The normalized spacial score (nSPS) is 30.2. The number of aromatic amines is 1. The molecule has 2 rings (SSSR count). The highest BCUT2D eigenvalue weighted by atomic mass is 16.6. The SMILES string of the molecule is C/C=C/c1cn([C@@H]2O[C@H](CO)C(O)[C@@H]2O)c(=O)[nH]c1=O. The summed E-state index contributed by atoms with van der Waals surface area (Å²) in [6, 6.07) is 0. The molecular formula is C12H16N2O6. The van der Waals surface area contributed by atoms with Crippen molar-refractivity contribution in [2.24, 2.45) is 0 Å². The first-order valence-corrected chi connectivity index (χ1v) is 6.10. The van der Waals surface area contributed by atoms with Crippen LogP contribution in [0.4, 0.5) is 0 Å². The third-order valence-corrected chi connectivity index (χ3v) is 3.13. The van der Waals surface area contributed by atoms with Gasteiger partial charge < -0.3 is 20.1 Å². The van der Waals surface area contributed by atoms with Crippen molar-refractivity contribution in [2.45, 2.75) is 31.5 Å². The van der Waals surface area contributed by atoms with Crippen molar-refractivity contribution < 1.29 is 20.1 Å². The Morgan fingerprint density at radius 2 is 2.10 bits per heavy atom. The van der Waals surface area contributed by atoms with E-state index < -0.39 is 42.4 Å². The number of aromatic nitrogens is 2. The number of ether oxygens (including phenoxy) is 1. The van der Waals surface area contributed by atoms with Crippen LogP contribution < -0.4 is 11.2 Å². The number of rotatable bonds is 3. The largest absolute Gasteiger partial charge is 0.394 e. The summed E-state index contributed by atoms with van der Waals surface area (Å²) < 4.78 is 6.23. The van der Waals surface area contributed by atoms with Crippen molar-refractivity contribution in [1.82, 2.24) is 9.55 Å². The van der Waals surface area contributed by atoms with Gasteiger partial charge in [-0.05, 0) is 6.92 Å². The molecule has 4 N–H and O–H groups in total. The Morgan fingerprint density at radius 3 is 2.65 bits per heavy atom. The first kappa shape index (κ1) is 14.7. The van der Waals surface area contributed by atoms with Gasteiger partial charge in [0.2, 0.25) is 0 Å². The molecule has 8 heteroatoms. The van der Waals surface area contributed by atoms with Gasteiger partial charge >= 0.3 is 5.69 Å². The van der Waals surface area contributed by atoms with E-state index in [1.807, 2.05) is 0 Å². The van der Waals surface area contributed by atoms with Crippen molar-refractivity contribution in [3.05, 3.63) is 38.7 Å². The van der Waals surface area contributed by atoms with E-state index in [9.17, 15) is 19.8 Å². The highest BCUT2D eigenvalue weighted by molar-refractivity contribution is 5.45. The topological polar surface area (TPSA) is 125 Å². The van der Waals surface area contributed by atoms with Gasteiger partial charge in [-0.3, -0.25) is 14.3 Å². The highest BCUT2D eigenvalue weighted by Crippen LogP contribution is 2.27. The summed E-state index contributed by atoms with van der Waals surface area (Å²) in [5.74, 6) is 0. The van der Waals surface area contributed by atoms with Crippen molar-refractivity contribution >= 4 is 6.08 Å². The van der Waals surface area contributed by atoms with Crippen molar-refractivity contribution in [2.75, 3.05) is 6.61 Å². The summed E-state index contributed by atoms with van der Waals surface area (Å²) in [7, 11) is 0. The Bertz CT molecular complexity index is 619. The van der Waals surface area contributed by atoms with Crippen molar-refractivity contribution in [3.63, 3.8) is 0 Å². The molecule has 2 heterocycles. The van der Waals surface area contributed by atoms with Gasteiger partial charge in [0.15, 0.2) is 6.23 Å². The maximum Gasteiger partial charge on any atom is 0.330 e. The molecule has 8 nitrogen and oxygen atoms in total. The van der Waals surface area contributed by atoms with Gasteiger partial charge in [0.1, 0.15) is 18.3 Å². The Morgan fingerprint density at radius 1 is 1.40 bits per heavy atom. The lowest BCUT2D eigenvalue weighted by molar-refractivity contribution is -0.0550. The van der Waals surface area contributed by atoms with E-state index in [1.165, 1.54) is 12.3 Å². The molecule has 4 atom stereocenters. The summed E-state index contributed by atoms with van der Waals surface area (Å²) >= 11 is 0. The second-order valence-electron chi connectivity index (χ2n) is 4.48. The third-order valence-electron chi connectivity index (χ3n) is 3.13. The van der Waals surface area contributed by atoms with Crippen LogP contribution in [0.15, 0.2) is 21.9 Å². The molecule has 110 valence electrons. The fourth-order valence-corrected chi connectivity index (χ4v) is 2.10. The molecular weight excluding hydrogens is 268 g/mol. The second kappa shape index (κ2) is 5.71. The average molecular weight is 284 g/mol. The van der Waals surface area contributed by atoms with E-state index in [1.54, 1.807) is 13.0 Å². The van der Waals surface area contributed by atoms with Gasteiger partial charge in [0, 0.05) is 6.20 Å². The standard InChI is InChI=1S/C12H16N2O6/c1-2-3-6-4-14(12(19)13-10(6)18)11-9(17)8(16)7(5-15)20-11/h2-4,7-9,11,15-17H,5H2,1H3,(H,13,18,19)/b3-2+/t7-,8?,9+,11-/m1/s1. The Hall–Kier alpha value is -1.74.